The lowest BCUT2D eigenvalue weighted by atomic mass is 10.1. The van der Waals surface area contributed by atoms with Crippen LogP contribution in [-0.4, -0.2) is 39.0 Å². The van der Waals surface area contributed by atoms with Crippen LogP contribution in [0.1, 0.15) is 16.8 Å². The Morgan fingerprint density at radius 3 is 2.43 bits per heavy atom. The molecule has 0 unspecified atom stereocenters. The van der Waals surface area contributed by atoms with Crippen LogP contribution in [0.25, 0.3) is 0 Å². The summed E-state index contributed by atoms with van der Waals surface area (Å²) in [5, 5.41) is 30.1. The topological polar surface area (TPSA) is 147 Å². The number of non-ortho nitro benzene ring substituents is 1. The van der Waals surface area contributed by atoms with Crippen LogP contribution in [0.15, 0.2) is 22.7 Å². The van der Waals surface area contributed by atoms with Crippen molar-refractivity contribution in [1.82, 2.24) is 5.32 Å². The molecule has 0 saturated heterocycles. The molecule has 1 rings (SSSR count). The van der Waals surface area contributed by atoms with Gasteiger partial charge in [-0.2, -0.15) is 0 Å². The number of nitrogens with one attached hydrogen (secondary N) is 1. The maximum atomic E-state index is 11.9. The van der Waals surface area contributed by atoms with E-state index >= 15 is 0 Å². The van der Waals surface area contributed by atoms with E-state index in [-0.39, 0.29) is 15.7 Å². The van der Waals surface area contributed by atoms with Gasteiger partial charge in [-0.05, 0) is 22.0 Å². The van der Waals surface area contributed by atoms with Crippen molar-refractivity contribution in [3.05, 3.63) is 38.3 Å². The van der Waals surface area contributed by atoms with Crippen LogP contribution in [-0.2, 0) is 9.59 Å². The molecule has 0 radical (unpaired) electrons. The van der Waals surface area contributed by atoms with Crippen LogP contribution in [0.2, 0.25) is 0 Å². The Hall–Kier alpha value is -2.49. The van der Waals surface area contributed by atoms with Gasteiger partial charge < -0.3 is 15.5 Å². The Balaban J connectivity index is 3.02. The van der Waals surface area contributed by atoms with Crippen LogP contribution in [0.4, 0.5) is 5.69 Å². The number of amides is 1. The summed E-state index contributed by atoms with van der Waals surface area (Å²) >= 11 is 3.01. The molecule has 112 valence electrons. The summed E-state index contributed by atoms with van der Waals surface area (Å²) in [4.78, 5) is 43.2. The first kappa shape index (κ1) is 16.6. The van der Waals surface area contributed by atoms with E-state index < -0.39 is 35.2 Å². The second-order valence-electron chi connectivity index (χ2n) is 3.88. The molecule has 9 nitrogen and oxygen atoms in total. The molecule has 0 fully saturated rings. The van der Waals surface area contributed by atoms with Crippen molar-refractivity contribution in [3.63, 3.8) is 0 Å². The molecule has 10 heteroatoms. The third kappa shape index (κ3) is 4.53. The molecule has 1 aromatic rings. The lowest BCUT2D eigenvalue weighted by Gasteiger charge is -2.13. The van der Waals surface area contributed by atoms with Crippen LogP contribution in [0.5, 0.6) is 0 Å². The van der Waals surface area contributed by atoms with Gasteiger partial charge in [0.2, 0.25) is 0 Å². The molecule has 0 aliphatic heterocycles. The molecule has 0 bridgehead atoms. The zero-order valence-electron chi connectivity index (χ0n) is 10.3. The summed E-state index contributed by atoms with van der Waals surface area (Å²) in [6.07, 6.45) is -0.812. The first-order valence-corrected chi connectivity index (χ1v) is 6.21. The third-order valence-corrected chi connectivity index (χ3v) is 3.08. The van der Waals surface area contributed by atoms with Gasteiger partial charge in [0.15, 0.2) is 0 Å². The molecule has 0 heterocycles. The monoisotopic (exact) mass is 360 g/mol. The largest absolute Gasteiger partial charge is 0.481 e. The number of hydrogen-bond donors (Lipinski definition) is 3. The van der Waals surface area contributed by atoms with E-state index in [4.69, 9.17) is 10.2 Å². The predicted octanol–water partition coefficient (Wildman–Crippen LogP) is 1.01. The summed E-state index contributed by atoms with van der Waals surface area (Å²) in [6, 6.07) is 1.74. The standard InChI is InChI=1S/C11H9BrN2O7/c12-7-2-1-5(14(20)21)3-6(7)10(17)13-8(11(18)19)4-9(15)16/h1-3,8H,4H2,(H,13,17)(H,15,16)(H,18,19)/t8-/m1/s1. The second kappa shape index (κ2) is 6.79. The molecule has 0 aliphatic rings. The molecular weight excluding hydrogens is 352 g/mol. The highest BCUT2D eigenvalue weighted by molar-refractivity contribution is 9.10. The number of benzene rings is 1. The van der Waals surface area contributed by atoms with Crippen molar-refractivity contribution in [2.45, 2.75) is 12.5 Å². The minimum Gasteiger partial charge on any atom is -0.481 e. The number of carbonyl (C=O) groups is 3. The fourth-order valence-corrected chi connectivity index (χ4v) is 1.84. The first-order chi connectivity index (χ1) is 9.72. The van der Waals surface area contributed by atoms with Crippen molar-refractivity contribution in [2.75, 3.05) is 0 Å². The highest BCUT2D eigenvalue weighted by atomic mass is 79.9. The Kier molecular flexibility index (Phi) is 5.36. The van der Waals surface area contributed by atoms with Gasteiger partial charge in [-0.15, -0.1) is 0 Å². The van der Waals surface area contributed by atoms with Crippen LogP contribution >= 0.6 is 15.9 Å². The Bertz CT molecular complexity index is 617. The van der Waals surface area contributed by atoms with E-state index in [9.17, 15) is 24.5 Å². The van der Waals surface area contributed by atoms with Crippen molar-refractivity contribution in [3.8, 4) is 0 Å². The molecule has 0 aromatic heterocycles. The first-order valence-electron chi connectivity index (χ1n) is 5.41. The van der Waals surface area contributed by atoms with Crippen LogP contribution < -0.4 is 5.32 Å². The second-order valence-corrected chi connectivity index (χ2v) is 4.74. The van der Waals surface area contributed by atoms with Crippen molar-refractivity contribution in [1.29, 1.82) is 0 Å². The molecule has 1 aromatic carbocycles. The maximum absolute atomic E-state index is 11.9. The highest BCUT2D eigenvalue weighted by Gasteiger charge is 2.25. The number of carbonyl (C=O) groups excluding carboxylic acids is 1. The lowest BCUT2D eigenvalue weighted by molar-refractivity contribution is -0.384. The quantitative estimate of drug-likeness (QED) is 0.506. The molecule has 1 amide bonds. The Labute approximate surface area is 125 Å². The fourth-order valence-electron chi connectivity index (χ4n) is 1.41. The van der Waals surface area contributed by atoms with Gasteiger partial charge in [0.1, 0.15) is 6.04 Å². The van der Waals surface area contributed by atoms with E-state index in [1.165, 1.54) is 6.07 Å². The summed E-state index contributed by atoms with van der Waals surface area (Å²) in [5.41, 5.74) is -0.519. The van der Waals surface area contributed by atoms with E-state index in [1.807, 2.05) is 5.32 Å². The van der Waals surface area contributed by atoms with Gasteiger partial charge in [0.25, 0.3) is 11.6 Å². The molecular formula is C11H9BrN2O7. The minimum atomic E-state index is -1.64. The van der Waals surface area contributed by atoms with Gasteiger partial charge in [-0.25, -0.2) is 4.79 Å². The van der Waals surface area contributed by atoms with Gasteiger partial charge in [-0.1, -0.05) is 0 Å². The number of halogens is 1. The van der Waals surface area contributed by atoms with E-state index in [0.29, 0.717) is 0 Å². The van der Waals surface area contributed by atoms with Gasteiger partial charge >= 0.3 is 11.9 Å². The fraction of sp³-hybridized carbons (Fsp3) is 0.182. The van der Waals surface area contributed by atoms with Crippen molar-refractivity contribution in [2.24, 2.45) is 0 Å². The van der Waals surface area contributed by atoms with E-state index in [0.717, 1.165) is 12.1 Å². The van der Waals surface area contributed by atoms with Gasteiger partial charge in [0, 0.05) is 16.6 Å². The summed E-state index contributed by atoms with van der Waals surface area (Å²) in [7, 11) is 0. The number of nitro groups is 1. The molecule has 1 atom stereocenters. The van der Waals surface area contributed by atoms with Gasteiger partial charge in [-0.3, -0.25) is 19.7 Å². The van der Waals surface area contributed by atoms with Crippen LogP contribution in [0.3, 0.4) is 0 Å². The number of aliphatic carboxylic acids is 2. The Morgan fingerprint density at radius 1 is 1.33 bits per heavy atom. The van der Waals surface area contributed by atoms with Crippen molar-refractivity contribution < 1.29 is 29.5 Å². The smallest absolute Gasteiger partial charge is 0.326 e. The average Bonchev–Trinajstić information content (AvgIpc) is 2.37. The minimum absolute atomic E-state index is 0.166. The SMILES string of the molecule is O=C(O)C[C@@H](NC(=O)c1cc([N+](=O)[O-])ccc1Br)C(=O)O. The van der Waals surface area contributed by atoms with Crippen LogP contribution in [0, 0.1) is 10.1 Å². The number of rotatable bonds is 6. The molecule has 0 aliphatic carbocycles. The summed E-state index contributed by atoms with van der Waals surface area (Å²) in [5.74, 6) is -3.85. The maximum Gasteiger partial charge on any atom is 0.326 e. The normalized spacial score (nSPS) is 11.5. The van der Waals surface area contributed by atoms with E-state index in [2.05, 4.69) is 15.9 Å². The van der Waals surface area contributed by atoms with Crippen molar-refractivity contribution >= 4 is 39.5 Å². The molecule has 21 heavy (non-hydrogen) atoms. The number of carboxylic acid groups (broad SMARTS) is 2. The van der Waals surface area contributed by atoms with Gasteiger partial charge in [0.05, 0.1) is 16.9 Å². The predicted molar refractivity (Wildman–Crippen MR) is 71.9 cm³/mol. The molecule has 0 spiro atoms. The summed E-state index contributed by atoms with van der Waals surface area (Å²) in [6.45, 7) is 0. The lowest BCUT2D eigenvalue weighted by Crippen LogP contribution is -2.42. The summed E-state index contributed by atoms with van der Waals surface area (Å²) < 4.78 is 0.213. The number of hydrogen-bond acceptors (Lipinski definition) is 5. The number of carboxylic acids is 2. The molecule has 0 saturated carbocycles. The molecule has 3 N–H and O–H groups in total. The Morgan fingerprint density at radius 2 is 1.95 bits per heavy atom. The average molecular weight is 361 g/mol. The zero-order chi connectivity index (χ0) is 16.2. The zero-order valence-corrected chi connectivity index (χ0v) is 11.9. The van der Waals surface area contributed by atoms with E-state index in [1.54, 1.807) is 0 Å². The number of nitrogens with zero attached hydrogens (tertiary/aromatic N) is 1. The third-order valence-electron chi connectivity index (χ3n) is 2.39. The number of nitro benzene ring substituents is 1. The highest BCUT2D eigenvalue weighted by Crippen LogP contribution is 2.22.